The molecular formula is C25H29N5O4. The lowest BCUT2D eigenvalue weighted by molar-refractivity contribution is -0.137. The maximum Gasteiger partial charge on any atom is 0.261 e. The summed E-state index contributed by atoms with van der Waals surface area (Å²) in [7, 11) is 0. The number of piperazine rings is 1. The molecule has 1 atom stereocenters. The third-order valence-electron chi connectivity index (χ3n) is 5.84. The zero-order valence-electron chi connectivity index (χ0n) is 19.4. The van der Waals surface area contributed by atoms with Gasteiger partial charge in [0.1, 0.15) is 11.8 Å². The first-order chi connectivity index (χ1) is 16.6. The number of carbonyl (C=O) groups is 2. The Hall–Kier alpha value is -3.72. The number of ether oxygens (including phenoxy) is 1. The molecule has 1 aliphatic rings. The number of rotatable bonds is 8. The molecule has 0 saturated carbocycles. The smallest absolute Gasteiger partial charge is 0.261 e. The Morgan fingerprint density at radius 3 is 2.56 bits per heavy atom. The molecule has 1 aromatic heterocycles. The summed E-state index contributed by atoms with van der Waals surface area (Å²) in [5, 5.41) is 7.39. The Balaban J connectivity index is 1.45. The van der Waals surface area contributed by atoms with Gasteiger partial charge >= 0.3 is 0 Å². The minimum Gasteiger partial charge on any atom is -0.484 e. The summed E-state index contributed by atoms with van der Waals surface area (Å²) in [5.41, 5.74) is 1.35. The van der Waals surface area contributed by atoms with Gasteiger partial charge in [0.2, 0.25) is 5.82 Å². The summed E-state index contributed by atoms with van der Waals surface area (Å²) >= 11 is 0. The maximum absolute atomic E-state index is 12.9. The number of aromatic nitrogens is 2. The first kappa shape index (κ1) is 23.4. The van der Waals surface area contributed by atoms with Gasteiger partial charge in [-0.25, -0.2) is 0 Å². The van der Waals surface area contributed by atoms with Gasteiger partial charge < -0.3 is 24.4 Å². The Kier molecular flexibility index (Phi) is 7.54. The first-order valence-electron chi connectivity index (χ1n) is 11.5. The average molecular weight is 464 g/mol. The molecule has 34 heavy (non-hydrogen) atoms. The van der Waals surface area contributed by atoms with E-state index in [1.165, 1.54) is 0 Å². The van der Waals surface area contributed by atoms with Crippen LogP contribution in [0.5, 0.6) is 5.75 Å². The van der Waals surface area contributed by atoms with Gasteiger partial charge in [0.15, 0.2) is 6.61 Å². The molecule has 1 unspecified atom stereocenters. The van der Waals surface area contributed by atoms with Crippen LogP contribution in [0.15, 0.2) is 59.1 Å². The van der Waals surface area contributed by atoms with E-state index in [1.807, 2.05) is 44.2 Å². The molecule has 0 spiro atoms. The molecular weight excluding hydrogens is 434 g/mol. The zero-order valence-corrected chi connectivity index (χ0v) is 19.4. The van der Waals surface area contributed by atoms with Gasteiger partial charge in [-0.15, -0.1) is 0 Å². The van der Waals surface area contributed by atoms with Crippen LogP contribution in [-0.4, -0.2) is 71.1 Å². The molecule has 4 rings (SSSR count). The molecule has 0 bridgehead atoms. The van der Waals surface area contributed by atoms with Crippen LogP contribution in [0.3, 0.4) is 0 Å². The highest BCUT2D eigenvalue weighted by molar-refractivity contribution is 5.94. The number of hydrogen-bond donors (Lipinski definition) is 1. The molecule has 2 amide bonds. The Bertz CT molecular complexity index is 1100. The minimum absolute atomic E-state index is 0.00879. The number of amides is 2. The van der Waals surface area contributed by atoms with E-state index in [2.05, 4.69) is 15.5 Å². The fourth-order valence-electron chi connectivity index (χ4n) is 3.91. The van der Waals surface area contributed by atoms with Crippen molar-refractivity contribution in [1.29, 1.82) is 0 Å². The summed E-state index contributed by atoms with van der Waals surface area (Å²) in [6.45, 7) is 6.87. The van der Waals surface area contributed by atoms with Crippen molar-refractivity contribution >= 4 is 11.8 Å². The lowest BCUT2D eigenvalue weighted by Crippen LogP contribution is -2.50. The molecule has 1 fully saturated rings. The number of hydrogen-bond acceptors (Lipinski definition) is 7. The highest BCUT2D eigenvalue weighted by atomic mass is 16.5. The standard InChI is InChI=1S/C25H29N5O4/c1-3-29(4-2)25(32)19-12-10-18(11-13-19)23-27-24(34-28-23)21-16-26-14-15-30(21)22(31)17-33-20-8-6-5-7-9-20/h5-13,21,26H,3-4,14-17H2,1-2H3. The Morgan fingerprint density at radius 1 is 1.12 bits per heavy atom. The quantitative estimate of drug-likeness (QED) is 0.548. The molecule has 178 valence electrons. The molecule has 0 radical (unpaired) electrons. The van der Waals surface area contributed by atoms with E-state index in [1.54, 1.807) is 34.1 Å². The van der Waals surface area contributed by atoms with Gasteiger partial charge in [-0.3, -0.25) is 9.59 Å². The topological polar surface area (TPSA) is 101 Å². The van der Waals surface area contributed by atoms with Gasteiger partial charge in [-0.1, -0.05) is 35.5 Å². The van der Waals surface area contributed by atoms with Crippen LogP contribution >= 0.6 is 0 Å². The predicted octanol–water partition coefficient (Wildman–Crippen LogP) is 2.77. The lowest BCUT2D eigenvalue weighted by atomic mass is 10.1. The van der Waals surface area contributed by atoms with Crippen molar-refractivity contribution in [2.24, 2.45) is 0 Å². The normalized spacial score (nSPS) is 15.7. The van der Waals surface area contributed by atoms with Crippen LogP contribution in [0.25, 0.3) is 11.4 Å². The summed E-state index contributed by atoms with van der Waals surface area (Å²) in [4.78, 5) is 33.4. The van der Waals surface area contributed by atoms with Gasteiger partial charge in [-0.05, 0) is 38.1 Å². The van der Waals surface area contributed by atoms with Crippen molar-refractivity contribution in [3.05, 3.63) is 66.1 Å². The van der Waals surface area contributed by atoms with Crippen molar-refractivity contribution in [1.82, 2.24) is 25.3 Å². The fourth-order valence-corrected chi connectivity index (χ4v) is 3.91. The fraction of sp³-hybridized carbons (Fsp3) is 0.360. The van der Waals surface area contributed by atoms with Crippen LogP contribution in [0.4, 0.5) is 0 Å². The largest absolute Gasteiger partial charge is 0.484 e. The van der Waals surface area contributed by atoms with Gasteiger partial charge in [0.05, 0.1) is 0 Å². The lowest BCUT2D eigenvalue weighted by Gasteiger charge is -2.33. The van der Waals surface area contributed by atoms with Crippen molar-refractivity contribution in [3.63, 3.8) is 0 Å². The summed E-state index contributed by atoms with van der Waals surface area (Å²) in [5.74, 6) is 1.26. The molecule has 2 heterocycles. The highest BCUT2D eigenvalue weighted by Crippen LogP contribution is 2.25. The molecule has 1 saturated heterocycles. The van der Waals surface area contributed by atoms with Crippen LogP contribution in [0.1, 0.15) is 36.1 Å². The van der Waals surface area contributed by atoms with E-state index in [9.17, 15) is 9.59 Å². The molecule has 1 N–H and O–H groups in total. The van der Waals surface area contributed by atoms with E-state index < -0.39 is 0 Å². The Morgan fingerprint density at radius 2 is 1.85 bits per heavy atom. The minimum atomic E-state index is -0.384. The molecule has 1 aliphatic heterocycles. The third kappa shape index (κ3) is 5.26. The summed E-state index contributed by atoms with van der Waals surface area (Å²) < 4.78 is 11.2. The average Bonchev–Trinajstić information content (AvgIpc) is 3.39. The summed E-state index contributed by atoms with van der Waals surface area (Å²) in [6.07, 6.45) is 0. The molecule has 0 aliphatic carbocycles. The monoisotopic (exact) mass is 463 g/mol. The highest BCUT2D eigenvalue weighted by Gasteiger charge is 2.32. The number of carbonyl (C=O) groups excluding carboxylic acids is 2. The number of nitrogens with one attached hydrogen (secondary N) is 1. The number of para-hydroxylation sites is 1. The van der Waals surface area contributed by atoms with Crippen LogP contribution in [-0.2, 0) is 4.79 Å². The van der Waals surface area contributed by atoms with E-state index in [0.29, 0.717) is 55.8 Å². The van der Waals surface area contributed by atoms with Crippen molar-refractivity contribution in [3.8, 4) is 17.1 Å². The molecule has 3 aromatic rings. The second kappa shape index (κ2) is 10.9. The van der Waals surface area contributed by atoms with Gasteiger partial charge in [0.25, 0.3) is 17.7 Å². The molecule has 9 heteroatoms. The van der Waals surface area contributed by atoms with Gasteiger partial charge in [0, 0.05) is 43.9 Å². The maximum atomic E-state index is 12.9. The van der Waals surface area contributed by atoms with Crippen molar-refractivity contribution in [2.45, 2.75) is 19.9 Å². The van der Waals surface area contributed by atoms with E-state index >= 15 is 0 Å². The molecule has 9 nitrogen and oxygen atoms in total. The SMILES string of the molecule is CCN(CC)C(=O)c1ccc(-c2noc(C3CNCCN3C(=O)COc3ccccc3)n2)cc1. The van der Waals surface area contributed by atoms with E-state index in [0.717, 1.165) is 5.56 Å². The van der Waals surface area contributed by atoms with E-state index in [4.69, 9.17) is 9.26 Å². The first-order valence-corrected chi connectivity index (χ1v) is 11.5. The zero-order chi connectivity index (χ0) is 23.9. The number of benzene rings is 2. The van der Waals surface area contributed by atoms with Crippen molar-refractivity contribution in [2.75, 3.05) is 39.3 Å². The van der Waals surface area contributed by atoms with Crippen LogP contribution < -0.4 is 10.1 Å². The van der Waals surface area contributed by atoms with Gasteiger partial charge in [-0.2, -0.15) is 4.98 Å². The third-order valence-corrected chi connectivity index (χ3v) is 5.84. The van der Waals surface area contributed by atoms with E-state index in [-0.39, 0.29) is 24.5 Å². The number of nitrogens with zero attached hydrogens (tertiary/aromatic N) is 4. The van der Waals surface area contributed by atoms with Crippen LogP contribution in [0, 0.1) is 0 Å². The summed E-state index contributed by atoms with van der Waals surface area (Å²) in [6, 6.07) is 16.0. The Labute approximate surface area is 198 Å². The predicted molar refractivity (Wildman–Crippen MR) is 126 cm³/mol. The molecule has 2 aromatic carbocycles. The van der Waals surface area contributed by atoms with Crippen LogP contribution in [0.2, 0.25) is 0 Å². The van der Waals surface area contributed by atoms with Crippen molar-refractivity contribution < 1.29 is 18.8 Å². The second-order valence-electron chi connectivity index (χ2n) is 7.92. The second-order valence-corrected chi connectivity index (χ2v) is 7.92.